The molecule has 0 N–H and O–H groups in total. The third kappa shape index (κ3) is 1.60. The van der Waals surface area contributed by atoms with E-state index in [9.17, 15) is 8.78 Å². The molecule has 0 aromatic rings. The van der Waals surface area contributed by atoms with Gasteiger partial charge in [0.25, 0.3) is 0 Å². The molecule has 2 aliphatic rings. The van der Waals surface area contributed by atoms with Crippen LogP contribution in [0.5, 0.6) is 0 Å². The minimum absolute atomic E-state index is 0.0260. The second-order valence-electron chi connectivity index (χ2n) is 3.88. The first-order chi connectivity index (χ1) is 5.52. The van der Waals surface area contributed by atoms with Gasteiger partial charge in [-0.05, 0) is 7.05 Å². The molecular formula is C9H17F2N. The van der Waals surface area contributed by atoms with Crippen molar-refractivity contribution in [1.29, 1.82) is 0 Å². The lowest BCUT2D eigenvalue weighted by Crippen LogP contribution is -2.64. The summed E-state index contributed by atoms with van der Waals surface area (Å²) in [6.45, 7) is 5.76. The predicted molar refractivity (Wildman–Crippen MR) is 45.5 cm³/mol. The molecule has 0 radical (unpaired) electrons. The standard InChI is InChI=1S/C7H11F2N.C2H6/c1-10-4-6(5-10)2-7(8,9)3-6;1-2/h2-5H2,1H3;1-2H3. The van der Waals surface area contributed by atoms with Gasteiger partial charge in [-0.15, -0.1) is 0 Å². The SMILES string of the molecule is CC.CN1CC2(C1)CC(F)(F)C2. The van der Waals surface area contributed by atoms with E-state index in [1.54, 1.807) is 0 Å². The van der Waals surface area contributed by atoms with Gasteiger partial charge in [-0.3, -0.25) is 0 Å². The van der Waals surface area contributed by atoms with E-state index in [4.69, 9.17) is 0 Å². The third-order valence-electron chi connectivity index (χ3n) is 2.48. The maximum atomic E-state index is 12.4. The molecule has 3 heteroatoms. The van der Waals surface area contributed by atoms with Crippen LogP contribution in [0.4, 0.5) is 8.78 Å². The molecular weight excluding hydrogens is 160 g/mol. The highest BCUT2D eigenvalue weighted by Gasteiger charge is 2.60. The summed E-state index contributed by atoms with van der Waals surface area (Å²) in [6, 6.07) is 0. The van der Waals surface area contributed by atoms with Crippen molar-refractivity contribution < 1.29 is 8.78 Å². The number of rotatable bonds is 0. The summed E-state index contributed by atoms with van der Waals surface area (Å²) in [6.07, 6.45) is 0.259. The zero-order valence-corrected chi connectivity index (χ0v) is 8.03. The van der Waals surface area contributed by atoms with Crippen molar-refractivity contribution in [3.63, 3.8) is 0 Å². The van der Waals surface area contributed by atoms with Crippen LogP contribution < -0.4 is 0 Å². The maximum Gasteiger partial charge on any atom is 0.249 e. The van der Waals surface area contributed by atoms with Crippen molar-refractivity contribution in [2.24, 2.45) is 5.41 Å². The lowest BCUT2D eigenvalue weighted by Gasteiger charge is -2.57. The van der Waals surface area contributed by atoms with Crippen molar-refractivity contribution in [2.75, 3.05) is 20.1 Å². The summed E-state index contributed by atoms with van der Waals surface area (Å²) in [5, 5.41) is 0. The summed E-state index contributed by atoms with van der Waals surface area (Å²) in [5.41, 5.74) is 0.0260. The zero-order valence-electron chi connectivity index (χ0n) is 8.03. The number of likely N-dealkylation sites (tertiary alicyclic amines) is 1. The summed E-state index contributed by atoms with van der Waals surface area (Å²) in [7, 11) is 1.97. The summed E-state index contributed by atoms with van der Waals surface area (Å²) in [5.74, 6) is -2.33. The van der Waals surface area contributed by atoms with E-state index < -0.39 is 5.92 Å². The van der Waals surface area contributed by atoms with Crippen molar-refractivity contribution >= 4 is 0 Å². The van der Waals surface area contributed by atoms with Gasteiger partial charge in [-0.25, -0.2) is 8.78 Å². The molecule has 1 nitrogen and oxygen atoms in total. The van der Waals surface area contributed by atoms with Gasteiger partial charge in [0.1, 0.15) is 0 Å². The van der Waals surface area contributed by atoms with Gasteiger partial charge in [0.15, 0.2) is 0 Å². The first kappa shape index (κ1) is 9.90. The Morgan fingerprint density at radius 2 is 1.50 bits per heavy atom. The Labute approximate surface area is 72.7 Å². The summed E-state index contributed by atoms with van der Waals surface area (Å²) < 4.78 is 24.7. The summed E-state index contributed by atoms with van der Waals surface area (Å²) in [4.78, 5) is 2.09. The Balaban J connectivity index is 0.000000336. The molecule has 12 heavy (non-hydrogen) atoms. The molecule has 1 aliphatic heterocycles. The van der Waals surface area contributed by atoms with Gasteiger partial charge < -0.3 is 4.90 Å². The van der Waals surface area contributed by atoms with Crippen LogP contribution >= 0.6 is 0 Å². The van der Waals surface area contributed by atoms with Gasteiger partial charge in [-0.2, -0.15) is 0 Å². The van der Waals surface area contributed by atoms with Crippen LogP contribution in [0.1, 0.15) is 26.7 Å². The molecule has 0 aromatic heterocycles. The quantitative estimate of drug-likeness (QED) is 0.549. The number of alkyl halides is 2. The van der Waals surface area contributed by atoms with E-state index in [0.29, 0.717) is 0 Å². The van der Waals surface area contributed by atoms with Gasteiger partial charge in [0.2, 0.25) is 5.92 Å². The van der Waals surface area contributed by atoms with Gasteiger partial charge >= 0.3 is 0 Å². The molecule has 1 spiro atoms. The van der Waals surface area contributed by atoms with Gasteiger partial charge in [0, 0.05) is 31.3 Å². The fourth-order valence-electron chi connectivity index (χ4n) is 2.37. The van der Waals surface area contributed by atoms with Crippen LogP contribution in [0.2, 0.25) is 0 Å². The lowest BCUT2D eigenvalue weighted by molar-refractivity contribution is -0.208. The maximum absolute atomic E-state index is 12.4. The van der Waals surface area contributed by atoms with Crippen molar-refractivity contribution in [3.8, 4) is 0 Å². The Morgan fingerprint density at radius 3 is 1.75 bits per heavy atom. The van der Waals surface area contributed by atoms with E-state index >= 15 is 0 Å². The number of nitrogens with zero attached hydrogens (tertiary/aromatic N) is 1. The smallest absolute Gasteiger partial charge is 0.249 e. The molecule has 2 fully saturated rings. The minimum Gasteiger partial charge on any atom is -0.305 e. The molecule has 2 rings (SSSR count). The Bertz CT molecular complexity index is 152. The van der Waals surface area contributed by atoms with Gasteiger partial charge in [-0.1, -0.05) is 13.8 Å². The highest BCUT2D eigenvalue weighted by Crippen LogP contribution is 2.56. The van der Waals surface area contributed by atoms with E-state index in [1.807, 2.05) is 20.9 Å². The lowest BCUT2D eigenvalue weighted by atomic mass is 9.61. The van der Waals surface area contributed by atoms with E-state index in [2.05, 4.69) is 4.90 Å². The molecule has 1 saturated heterocycles. The average molecular weight is 177 g/mol. The molecule has 0 aromatic carbocycles. The number of hydrogen-bond donors (Lipinski definition) is 0. The molecule has 1 saturated carbocycles. The zero-order chi connectivity index (χ0) is 9.41. The monoisotopic (exact) mass is 177 g/mol. The number of halogens is 2. The largest absolute Gasteiger partial charge is 0.305 e. The Morgan fingerprint density at radius 1 is 1.08 bits per heavy atom. The van der Waals surface area contributed by atoms with Crippen molar-refractivity contribution in [3.05, 3.63) is 0 Å². The first-order valence-corrected chi connectivity index (χ1v) is 4.58. The van der Waals surface area contributed by atoms with Crippen LogP contribution in [-0.4, -0.2) is 31.0 Å². The molecule has 0 bridgehead atoms. The third-order valence-corrected chi connectivity index (χ3v) is 2.48. The predicted octanol–water partition coefficient (Wildman–Crippen LogP) is 2.37. The highest BCUT2D eigenvalue weighted by molar-refractivity contribution is 5.06. The molecule has 1 heterocycles. The van der Waals surface area contributed by atoms with E-state index in [-0.39, 0.29) is 18.3 Å². The second-order valence-corrected chi connectivity index (χ2v) is 3.88. The average Bonchev–Trinajstić information content (AvgIpc) is 1.85. The molecule has 1 aliphatic carbocycles. The minimum atomic E-state index is -2.33. The van der Waals surface area contributed by atoms with Crippen LogP contribution in [0, 0.1) is 5.41 Å². The van der Waals surface area contributed by atoms with Crippen LogP contribution in [0.15, 0.2) is 0 Å². The Hall–Kier alpha value is -0.180. The highest BCUT2D eigenvalue weighted by atomic mass is 19.3. The van der Waals surface area contributed by atoms with Crippen LogP contribution in [0.3, 0.4) is 0 Å². The topological polar surface area (TPSA) is 3.24 Å². The fraction of sp³-hybridized carbons (Fsp3) is 1.00. The summed E-state index contributed by atoms with van der Waals surface area (Å²) >= 11 is 0. The molecule has 0 amide bonds. The van der Waals surface area contributed by atoms with Gasteiger partial charge in [0.05, 0.1) is 0 Å². The second kappa shape index (κ2) is 2.95. The normalized spacial score (nSPS) is 29.8. The number of hydrogen-bond acceptors (Lipinski definition) is 1. The molecule has 0 unspecified atom stereocenters. The fourth-order valence-corrected chi connectivity index (χ4v) is 2.37. The molecule has 0 atom stereocenters. The van der Waals surface area contributed by atoms with Crippen molar-refractivity contribution in [1.82, 2.24) is 4.90 Å². The van der Waals surface area contributed by atoms with Crippen LogP contribution in [-0.2, 0) is 0 Å². The van der Waals surface area contributed by atoms with Crippen LogP contribution in [0.25, 0.3) is 0 Å². The van der Waals surface area contributed by atoms with Crippen molar-refractivity contribution in [2.45, 2.75) is 32.6 Å². The van der Waals surface area contributed by atoms with E-state index in [1.165, 1.54) is 0 Å². The van der Waals surface area contributed by atoms with E-state index in [0.717, 1.165) is 13.1 Å². The molecule has 72 valence electrons. The first-order valence-electron chi connectivity index (χ1n) is 4.58. The Kier molecular flexibility index (Phi) is 2.43.